The summed E-state index contributed by atoms with van der Waals surface area (Å²) in [4.78, 5) is 4.36. The maximum absolute atomic E-state index is 12.0. The average Bonchev–Trinajstić information content (AvgIpc) is 3.10. The maximum Gasteiger partial charge on any atom is 0.191 e. The summed E-state index contributed by atoms with van der Waals surface area (Å²) in [6, 6.07) is 0.422. The van der Waals surface area contributed by atoms with E-state index in [4.69, 9.17) is 0 Å². The highest BCUT2D eigenvalue weighted by molar-refractivity contribution is 14.0. The Morgan fingerprint density at radius 1 is 1.17 bits per heavy atom. The first-order chi connectivity index (χ1) is 11.2. The lowest BCUT2D eigenvalue weighted by Gasteiger charge is -2.30. The highest BCUT2D eigenvalue weighted by Crippen LogP contribution is 2.28. The molecule has 0 radical (unpaired) electrons. The SMILES string of the molecule is CCS(=O)C1CCCC(NC(=NC)NCCCC2CCCC2)C1.I. The van der Waals surface area contributed by atoms with Crippen LogP contribution in [0.2, 0.25) is 0 Å². The van der Waals surface area contributed by atoms with Crippen LogP contribution in [-0.4, -0.2) is 40.8 Å². The number of halogens is 1. The van der Waals surface area contributed by atoms with Crippen LogP contribution in [0.15, 0.2) is 4.99 Å². The van der Waals surface area contributed by atoms with Crippen molar-refractivity contribution in [1.29, 1.82) is 0 Å². The third-order valence-corrected chi connectivity index (χ3v) is 7.14. The Morgan fingerprint density at radius 3 is 2.58 bits per heavy atom. The number of guanidine groups is 1. The summed E-state index contributed by atoms with van der Waals surface area (Å²) in [7, 11) is 1.18. The van der Waals surface area contributed by atoms with Crippen molar-refractivity contribution in [2.45, 2.75) is 82.4 Å². The highest BCUT2D eigenvalue weighted by Gasteiger charge is 2.26. The molecule has 0 heterocycles. The van der Waals surface area contributed by atoms with Gasteiger partial charge in [-0.05, 0) is 38.0 Å². The average molecular weight is 469 g/mol. The molecule has 2 saturated carbocycles. The van der Waals surface area contributed by atoms with Crippen LogP contribution in [0.1, 0.15) is 71.1 Å². The Labute approximate surface area is 167 Å². The fourth-order valence-corrected chi connectivity index (χ4v) is 5.38. The molecule has 2 rings (SSSR count). The number of nitrogens with one attached hydrogen (secondary N) is 2. The van der Waals surface area contributed by atoms with Crippen LogP contribution in [0, 0.1) is 5.92 Å². The van der Waals surface area contributed by atoms with Crippen LogP contribution < -0.4 is 10.6 Å². The van der Waals surface area contributed by atoms with Crippen LogP contribution in [-0.2, 0) is 10.8 Å². The summed E-state index contributed by atoms with van der Waals surface area (Å²) < 4.78 is 12.0. The minimum absolute atomic E-state index is 0. The first kappa shape index (κ1) is 22.2. The van der Waals surface area contributed by atoms with E-state index in [2.05, 4.69) is 15.6 Å². The third kappa shape index (κ3) is 7.58. The van der Waals surface area contributed by atoms with E-state index < -0.39 is 10.8 Å². The Bertz CT molecular complexity index is 400. The monoisotopic (exact) mass is 469 g/mol. The second-order valence-corrected chi connectivity index (χ2v) is 9.10. The number of rotatable bonds is 7. The molecular weight excluding hydrogens is 433 g/mol. The molecule has 0 aliphatic heterocycles. The zero-order valence-corrected chi connectivity index (χ0v) is 18.5. The van der Waals surface area contributed by atoms with Crippen molar-refractivity contribution in [1.82, 2.24) is 10.6 Å². The standard InChI is InChI=1S/C18H35N3OS.HI/c1-3-23(22)17-12-6-11-16(14-17)21-18(19-2)20-13-7-10-15-8-4-5-9-15;/h15-17H,3-14H2,1-2H3,(H2,19,20,21);1H. The zero-order valence-electron chi connectivity index (χ0n) is 15.4. The fraction of sp³-hybridized carbons (Fsp3) is 0.944. The fourth-order valence-electron chi connectivity index (χ4n) is 4.04. The Hall–Kier alpha value is 0.150. The lowest BCUT2D eigenvalue weighted by atomic mass is 9.95. The first-order valence-electron chi connectivity index (χ1n) is 9.57. The molecule has 3 unspecified atom stereocenters. The molecular formula is C18H36IN3OS. The molecule has 0 aromatic rings. The van der Waals surface area contributed by atoms with E-state index in [1.54, 1.807) is 0 Å². The molecule has 2 aliphatic carbocycles. The number of nitrogens with zero attached hydrogens (tertiary/aromatic N) is 1. The van der Waals surface area contributed by atoms with E-state index in [0.717, 1.165) is 37.0 Å². The molecule has 0 bridgehead atoms. The number of hydrogen-bond donors (Lipinski definition) is 2. The van der Waals surface area contributed by atoms with E-state index >= 15 is 0 Å². The molecule has 0 amide bonds. The predicted molar refractivity (Wildman–Crippen MR) is 116 cm³/mol. The maximum atomic E-state index is 12.0. The minimum Gasteiger partial charge on any atom is -0.356 e. The van der Waals surface area contributed by atoms with Crippen molar-refractivity contribution in [3.8, 4) is 0 Å². The molecule has 0 aromatic heterocycles. The second-order valence-electron chi connectivity index (χ2n) is 7.09. The van der Waals surface area contributed by atoms with Gasteiger partial charge in [0.1, 0.15) is 0 Å². The van der Waals surface area contributed by atoms with Crippen molar-refractivity contribution >= 4 is 40.7 Å². The Kier molecular flexibility index (Phi) is 11.6. The van der Waals surface area contributed by atoms with Crippen LogP contribution >= 0.6 is 24.0 Å². The van der Waals surface area contributed by atoms with Gasteiger partial charge >= 0.3 is 0 Å². The van der Waals surface area contributed by atoms with Gasteiger partial charge in [0.2, 0.25) is 0 Å². The van der Waals surface area contributed by atoms with E-state index in [9.17, 15) is 4.21 Å². The topological polar surface area (TPSA) is 53.5 Å². The molecule has 4 nitrogen and oxygen atoms in total. The normalized spacial score (nSPS) is 26.7. The van der Waals surface area contributed by atoms with Crippen molar-refractivity contribution < 1.29 is 4.21 Å². The summed E-state index contributed by atoms with van der Waals surface area (Å²) in [5.41, 5.74) is 0. The summed E-state index contributed by atoms with van der Waals surface area (Å²) in [6.45, 7) is 3.03. The van der Waals surface area contributed by atoms with Gasteiger partial charge in [-0.1, -0.05) is 39.0 Å². The Balaban J connectivity index is 0.00000288. The van der Waals surface area contributed by atoms with Gasteiger partial charge in [-0.3, -0.25) is 9.20 Å². The van der Waals surface area contributed by atoms with Crippen molar-refractivity contribution in [2.24, 2.45) is 10.9 Å². The van der Waals surface area contributed by atoms with Gasteiger partial charge in [-0.25, -0.2) is 0 Å². The molecule has 3 atom stereocenters. The lowest BCUT2D eigenvalue weighted by Crippen LogP contribution is -2.46. The van der Waals surface area contributed by atoms with E-state index in [1.807, 2.05) is 14.0 Å². The smallest absolute Gasteiger partial charge is 0.191 e. The third-order valence-electron chi connectivity index (χ3n) is 5.40. The molecule has 2 fully saturated rings. The van der Waals surface area contributed by atoms with Crippen molar-refractivity contribution in [2.75, 3.05) is 19.3 Å². The van der Waals surface area contributed by atoms with Gasteiger partial charge in [-0.15, -0.1) is 24.0 Å². The summed E-state index contributed by atoms with van der Waals surface area (Å²) >= 11 is 0. The molecule has 142 valence electrons. The summed E-state index contributed by atoms with van der Waals surface area (Å²) in [5.74, 6) is 2.67. The van der Waals surface area contributed by atoms with Crippen LogP contribution in [0.5, 0.6) is 0 Å². The molecule has 0 spiro atoms. The van der Waals surface area contributed by atoms with Gasteiger partial charge in [0, 0.05) is 41.4 Å². The molecule has 2 N–H and O–H groups in total. The van der Waals surface area contributed by atoms with E-state index in [1.165, 1.54) is 51.4 Å². The van der Waals surface area contributed by atoms with Crippen molar-refractivity contribution in [3.63, 3.8) is 0 Å². The van der Waals surface area contributed by atoms with Gasteiger partial charge in [0.15, 0.2) is 5.96 Å². The molecule has 0 saturated heterocycles. The quantitative estimate of drug-likeness (QED) is 0.258. The number of aliphatic imine (C=N–C) groups is 1. The molecule has 2 aliphatic rings. The number of hydrogen-bond acceptors (Lipinski definition) is 2. The Morgan fingerprint density at radius 2 is 1.92 bits per heavy atom. The van der Waals surface area contributed by atoms with Crippen LogP contribution in [0.4, 0.5) is 0 Å². The summed E-state index contributed by atoms with van der Waals surface area (Å²) in [5, 5.41) is 7.38. The van der Waals surface area contributed by atoms with Gasteiger partial charge < -0.3 is 10.6 Å². The highest BCUT2D eigenvalue weighted by atomic mass is 127. The van der Waals surface area contributed by atoms with Gasteiger partial charge in [0.25, 0.3) is 0 Å². The zero-order chi connectivity index (χ0) is 16.5. The summed E-state index contributed by atoms with van der Waals surface area (Å²) in [6.07, 6.45) is 12.8. The largest absolute Gasteiger partial charge is 0.356 e. The predicted octanol–water partition coefficient (Wildman–Crippen LogP) is 3.82. The molecule has 0 aromatic carbocycles. The first-order valence-corrected chi connectivity index (χ1v) is 11.0. The van der Waals surface area contributed by atoms with Crippen molar-refractivity contribution in [3.05, 3.63) is 0 Å². The van der Waals surface area contributed by atoms with Crippen LogP contribution in [0.25, 0.3) is 0 Å². The molecule has 6 heteroatoms. The van der Waals surface area contributed by atoms with Crippen LogP contribution in [0.3, 0.4) is 0 Å². The van der Waals surface area contributed by atoms with Gasteiger partial charge in [0.05, 0.1) is 0 Å². The van der Waals surface area contributed by atoms with Gasteiger partial charge in [-0.2, -0.15) is 0 Å². The van der Waals surface area contributed by atoms with E-state index in [-0.39, 0.29) is 24.0 Å². The minimum atomic E-state index is -0.660. The second kappa shape index (κ2) is 12.5. The lowest BCUT2D eigenvalue weighted by molar-refractivity contribution is 0.412. The molecule has 24 heavy (non-hydrogen) atoms. The van der Waals surface area contributed by atoms with E-state index in [0.29, 0.717) is 11.3 Å².